The van der Waals surface area contributed by atoms with Gasteiger partial charge in [-0.05, 0) is 38.8 Å². The lowest BCUT2D eigenvalue weighted by Crippen LogP contribution is -2.07. The van der Waals surface area contributed by atoms with Gasteiger partial charge in [0.05, 0.1) is 18.8 Å². The number of phenolic OH excluding ortho intramolecular Hbond substituents is 1. The number of benzene rings is 1. The lowest BCUT2D eigenvalue weighted by molar-refractivity contribution is -0.132. The minimum atomic E-state index is -1.07. The smallest absolute Gasteiger partial charge is 0.339 e. The average molecular weight is 362 g/mol. The van der Waals surface area contributed by atoms with E-state index in [1.54, 1.807) is 13.0 Å². The molecule has 7 heteroatoms. The molecule has 1 aliphatic heterocycles. The number of phenols is 1. The fourth-order valence-corrected chi connectivity index (χ4v) is 2.76. The highest BCUT2D eigenvalue weighted by atomic mass is 16.5. The van der Waals surface area contributed by atoms with Crippen molar-refractivity contribution in [1.29, 1.82) is 0 Å². The molecule has 1 aromatic rings. The highest BCUT2D eigenvalue weighted by Crippen LogP contribution is 2.38. The zero-order valence-corrected chi connectivity index (χ0v) is 14.9. The van der Waals surface area contributed by atoms with E-state index < -0.39 is 18.0 Å². The van der Waals surface area contributed by atoms with E-state index in [4.69, 9.17) is 14.6 Å². The number of aromatic hydroxyl groups is 1. The van der Waals surface area contributed by atoms with Crippen molar-refractivity contribution in [3.63, 3.8) is 0 Å². The minimum Gasteiger partial charge on any atom is -0.507 e. The average Bonchev–Trinajstić information content (AvgIpc) is 2.94. The number of esters is 1. The number of cyclic esters (lactones) is 1. The normalized spacial score (nSPS) is 15.5. The summed E-state index contributed by atoms with van der Waals surface area (Å²) < 4.78 is 10.2. The van der Waals surface area contributed by atoms with E-state index in [0.717, 1.165) is 5.57 Å². The van der Waals surface area contributed by atoms with E-state index >= 15 is 0 Å². The summed E-state index contributed by atoms with van der Waals surface area (Å²) in [6, 6.07) is 1.55. The molecule has 0 radical (unpaired) electrons. The van der Waals surface area contributed by atoms with E-state index in [1.165, 1.54) is 20.1 Å². The molecule has 0 fully saturated rings. The largest absolute Gasteiger partial charge is 0.507 e. The molecule has 1 atom stereocenters. The van der Waals surface area contributed by atoms with Crippen molar-refractivity contribution in [2.24, 2.45) is 0 Å². The van der Waals surface area contributed by atoms with Crippen LogP contribution in [-0.2, 0) is 22.6 Å². The van der Waals surface area contributed by atoms with E-state index in [-0.39, 0.29) is 24.4 Å². The molecule has 0 saturated heterocycles. The summed E-state index contributed by atoms with van der Waals surface area (Å²) >= 11 is 0. The molecule has 0 bridgehead atoms. The number of carbonyl (C=O) groups excluding carboxylic acids is 1. The van der Waals surface area contributed by atoms with Crippen molar-refractivity contribution in [1.82, 2.24) is 0 Å². The van der Waals surface area contributed by atoms with Gasteiger partial charge in [0.15, 0.2) is 0 Å². The maximum atomic E-state index is 11.6. The molecular formula is C19H22O7. The van der Waals surface area contributed by atoms with Gasteiger partial charge in [-0.15, -0.1) is 0 Å². The van der Waals surface area contributed by atoms with Crippen molar-refractivity contribution >= 4 is 11.9 Å². The van der Waals surface area contributed by atoms with Gasteiger partial charge in [-0.25, -0.2) is 9.59 Å². The second kappa shape index (κ2) is 8.05. The first-order valence-corrected chi connectivity index (χ1v) is 8.08. The van der Waals surface area contributed by atoms with Crippen molar-refractivity contribution in [3.05, 3.63) is 46.1 Å². The van der Waals surface area contributed by atoms with Crippen LogP contribution in [0.25, 0.3) is 0 Å². The fraction of sp³-hybridized carbons (Fsp3) is 0.368. The molecule has 1 heterocycles. The lowest BCUT2D eigenvalue weighted by atomic mass is 9.98. The lowest BCUT2D eigenvalue weighted by Gasteiger charge is -2.12. The number of fused-ring (bicyclic) bond motifs is 1. The van der Waals surface area contributed by atoms with Gasteiger partial charge >= 0.3 is 11.9 Å². The number of hydrogen-bond acceptors (Lipinski definition) is 6. The third-order valence-corrected chi connectivity index (χ3v) is 4.22. The molecule has 2 rings (SSSR count). The zero-order chi connectivity index (χ0) is 19.4. The Balaban J connectivity index is 2.18. The summed E-state index contributed by atoms with van der Waals surface area (Å²) in [6.07, 6.45) is 2.78. The number of aliphatic hydroxyl groups is 1. The van der Waals surface area contributed by atoms with E-state index in [2.05, 4.69) is 0 Å². The number of methoxy groups -OCH3 is 1. The fourth-order valence-electron chi connectivity index (χ4n) is 2.76. The standard InChI is InChI=1S/C19H22O7/c1-10(6-12(20)7-11(2)18(22)23)4-5-13-16(25-3)8-14-15(17(13)21)9-26-19(14)24/h4,7-8,12,20-21H,5-6,9H2,1-3H3,(H,22,23)/b10-4+,11-7+/t12-/m0/s1. The minimum absolute atomic E-state index is 0.0255. The van der Waals surface area contributed by atoms with Gasteiger partial charge in [0, 0.05) is 16.7 Å². The molecule has 1 aromatic carbocycles. The predicted octanol–water partition coefficient (Wildman–Crippen LogP) is 2.34. The number of carboxylic acid groups (broad SMARTS) is 1. The topological polar surface area (TPSA) is 113 Å². The SMILES string of the molecule is COc1cc2c(c(O)c1C/C=C(\C)C[C@H](O)/C=C(\C)C(=O)O)COC2=O. The van der Waals surface area contributed by atoms with Crippen LogP contribution in [-0.4, -0.2) is 40.5 Å². The van der Waals surface area contributed by atoms with Gasteiger partial charge in [-0.2, -0.15) is 0 Å². The van der Waals surface area contributed by atoms with Gasteiger partial charge in [0.2, 0.25) is 0 Å². The van der Waals surface area contributed by atoms with Crippen LogP contribution in [0.2, 0.25) is 0 Å². The summed E-state index contributed by atoms with van der Waals surface area (Å²) in [7, 11) is 1.45. The molecule has 0 aromatic heterocycles. The Morgan fingerprint density at radius 1 is 1.42 bits per heavy atom. The summed E-state index contributed by atoms with van der Waals surface area (Å²) in [5, 5.41) is 29.2. The van der Waals surface area contributed by atoms with Gasteiger partial charge in [0.25, 0.3) is 0 Å². The Morgan fingerprint density at radius 3 is 2.73 bits per heavy atom. The molecule has 0 unspecified atom stereocenters. The maximum Gasteiger partial charge on any atom is 0.339 e. The quantitative estimate of drug-likeness (QED) is 0.387. The molecule has 0 aliphatic carbocycles. The van der Waals surface area contributed by atoms with Crippen LogP contribution in [0.4, 0.5) is 0 Å². The molecule has 3 N–H and O–H groups in total. The van der Waals surface area contributed by atoms with Gasteiger partial charge in [-0.3, -0.25) is 0 Å². The Kier molecular flexibility index (Phi) is 6.05. The summed E-state index contributed by atoms with van der Waals surface area (Å²) in [4.78, 5) is 22.4. The molecule has 0 amide bonds. The highest BCUT2D eigenvalue weighted by Gasteiger charge is 2.28. The number of rotatable bonds is 7. The van der Waals surface area contributed by atoms with Crippen molar-refractivity contribution < 1.29 is 34.4 Å². The van der Waals surface area contributed by atoms with Crippen molar-refractivity contribution in [3.8, 4) is 11.5 Å². The third-order valence-electron chi connectivity index (χ3n) is 4.22. The van der Waals surface area contributed by atoms with Crippen LogP contribution < -0.4 is 4.74 Å². The Labute approximate surface area is 151 Å². The van der Waals surface area contributed by atoms with Crippen LogP contribution >= 0.6 is 0 Å². The second-order valence-corrected chi connectivity index (χ2v) is 6.19. The first kappa shape index (κ1) is 19.5. The number of carboxylic acids is 1. The van der Waals surface area contributed by atoms with Gasteiger partial charge in [0.1, 0.15) is 18.1 Å². The predicted molar refractivity (Wildman–Crippen MR) is 93.3 cm³/mol. The first-order valence-electron chi connectivity index (χ1n) is 8.08. The van der Waals surface area contributed by atoms with Crippen molar-refractivity contribution in [2.45, 2.75) is 39.4 Å². The molecule has 0 saturated carbocycles. The summed E-state index contributed by atoms with van der Waals surface area (Å²) in [5.41, 5.74) is 2.16. The molecular weight excluding hydrogens is 340 g/mol. The first-order chi connectivity index (χ1) is 12.2. The summed E-state index contributed by atoms with van der Waals surface area (Å²) in [6.45, 7) is 3.25. The number of carbonyl (C=O) groups is 2. The summed E-state index contributed by atoms with van der Waals surface area (Å²) in [5.74, 6) is -1.21. The Hall–Kier alpha value is -2.80. The molecule has 1 aliphatic rings. The number of aliphatic hydroxyl groups excluding tert-OH is 1. The number of allylic oxidation sites excluding steroid dienone is 1. The van der Waals surface area contributed by atoms with Gasteiger partial charge in [-0.1, -0.05) is 11.6 Å². The molecule has 26 heavy (non-hydrogen) atoms. The third kappa shape index (κ3) is 4.23. The molecule has 7 nitrogen and oxygen atoms in total. The number of hydrogen-bond donors (Lipinski definition) is 3. The Bertz CT molecular complexity index is 790. The van der Waals surface area contributed by atoms with E-state index in [1.807, 2.05) is 6.08 Å². The van der Waals surface area contributed by atoms with Crippen LogP contribution in [0.5, 0.6) is 11.5 Å². The highest BCUT2D eigenvalue weighted by molar-refractivity contribution is 5.95. The number of ether oxygens (including phenoxy) is 2. The maximum absolute atomic E-state index is 11.6. The van der Waals surface area contributed by atoms with Crippen molar-refractivity contribution in [2.75, 3.05) is 7.11 Å². The van der Waals surface area contributed by atoms with Crippen LogP contribution in [0, 0.1) is 0 Å². The van der Waals surface area contributed by atoms with E-state index in [9.17, 15) is 19.8 Å². The molecule has 140 valence electrons. The second-order valence-electron chi connectivity index (χ2n) is 6.19. The molecule has 0 spiro atoms. The van der Waals surface area contributed by atoms with E-state index in [0.29, 0.717) is 28.9 Å². The van der Waals surface area contributed by atoms with Crippen LogP contribution in [0.15, 0.2) is 29.4 Å². The van der Waals surface area contributed by atoms with Crippen LogP contribution in [0.1, 0.15) is 41.8 Å². The van der Waals surface area contributed by atoms with Gasteiger partial charge < -0.3 is 24.8 Å². The zero-order valence-electron chi connectivity index (χ0n) is 14.9. The monoisotopic (exact) mass is 362 g/mol. The van der Waals surface area contributed by atoms with Crippen LogP contribution in [0.3, 0.4) is 0 Å². The Morgan fingerprint density at radius 2 is 2.12 bits per heavy atom. The number of aliphatic carboxylic acids is 1.